The zero-order chi connectivity index (χ0) is 13.0. The first-order valence-corrected chi connectivity index (χ1v) is 6.54. The number of benzene rings is 1. The van der Waals surface area contributed by atoms with Gasteiger partial charge in [-0.1, -0.05) is 6.07 Å². The number of phenolic OH excluding ortho intramolecular Hbond substituents is 2. The van der Waals surface area contributed by atoms with Crippen LogP contribution in [0.15, 0.2) is 18.2 Å². The lowest BCUT2D eigenvalue weighted by Crippen LogP contribution is -2.23. The first-order chi connectivity index (χ1) is 8.68. The van der Waals surface area contributed by atoms with Gasteiger partial charge >= 0.3 is 0 Å². The third-order valence-corrected chi connectivity index (χ3v) is 3.43. The molecule has 0 aliphatic carbocycles. The summed E-state index contributed by atoms with van der Waals surface area (Å²) in [5.74, 6) is 0.263. The van der Waals surface area contributed by atoms with E-state index in [4.69, 9.17) is 4.74 Å². The highest BCUT2D eigenvalue weighted by Gasteiger charge is 2.17. The number of phenols is 2. The Morgan fingerprint density at radius 3 is 2.72 bits per heavy atom. The number of hydrogen-bond donors (Lipinski definition) is 3. The summed E-state index contributed by atoms with van der Waals surface area (Å²) in [6.45, 7) is 3.63. The average molecular weight is 251 g/mol. The molecule has 1 aliphatic heterocycles. The summed E-state index contributed by atoms with van der Waals surface area (Å²) in [4.78, 5) is 0. The third-order valence-electron chi connectivity index (χ3n) is 3.43. The van der Waals surface area contributed by atoms with Crippen LogP contribution < -0.4 is 5.32 Å². The topological polar surface area (TPSA) is 61.7 Å². The van der Waals surface area contributed by atoms with Gasteiger partial charge in [-0.15, -0.1) is 0 Å². The monoisotopic (exact) mass is 251 g/mol. The van der Waals surface area contributed by atoms with E-state index in [-0.39, 0.29) is 17.5 Å². The highest BCUT2D eigenvalue weighted by Crippen LogP contribution is 2.32. The van der Waals surface area contributed by atoms with Gasteiger partial charge in [0.25, 0.3) is 0 Å². The van der Waals surface area contributed by atoms with Crippen LogP contribution in [0.2, 0.25) is 0 Å². The lowest BCUT2D eigenvalue weighted by molar-refractivity contribution is 0.103. The molecule has 0 bridgehead atoms. The van der Waals surface area contributed by atoms with Crippen molar-refractivity contribution in [1.29, 1.82) is 0 Å². The maximum Gasteiger partial charge on any atom is 0.124 e. The Hall–Kier alpha value is -1.26. The maximum atomic E-state index is 9.75. The van der Waals surface area contributed by atoms with Crippen molar-refractivity contribution in [2.45, 2.75) is 38.3 Å². The van der Waals surface area contributed by atoms with Crippen molar-refractivity contribution < 1.29 is 14.9 Å². The molecule has 18 heavy (non-hydrogen) atoms. The molecule has 1 aromatic rings. The SMILES string of the molecule is CC(NCCC1CCCO1)c1c(O)cccc1O. The molecule has 1 fully saturated rings. The van der Waals surface area contributed by atoms with E-state index in [1.807, 2.05) is 6.92 Å². The molecule has 0 amide bonds. The van der Waals surface area contributed by atoms with Crippen molar-refractivity contribution in [3.05, 3.63) is 23.8 Å². The van der Waals surface area contributed by atoms with E-state index in [1.54, 1.807) is 18.2 Å². The van der Waals surface area contributed by atoms with Gasteiger partial charge in [-0.2, -0.15) is 0 Å². The quantitative estimate of drug-likeness (QED) is 0.751. The average Bonchev–Trinajstić information content (AvgIpc) is 2.82. The summed E-state index contributed by atoms with van der Waals surface area (Å²) in [5, 5.41) is 22.8. The van der Waals surface area contributed by atoms with Gasteiger partial charge in [0.2, 0.25) is 0 Å². The van der Waals surface area contributed by atoms with Crippen LogP contribution in [-0.2, 0) is 4.74 Å². The zero-order valence-corrected chi connectivity index (χ0v) is 10.7. The van der Waals surface area contributed by atoms with E-state index >= 15 is 0 Å². The Morgan fingerprint density at radius 2 is 2.11 bits per heavy atom. The predicted octanol–water partition coefficient (Wildman–Crippen LogP) is 2.32. The standard InChI is InChI=1S/C14H21NO3/c1-10(14-12(16)5-2-6-13(14)17)15-8-7-11-4-3-9-18-11/h2,5-6,10-11,15-17H,3-4,7-9H2,1H3. The number of rotatable bonds is 5. The van der Waals surface area contributed by atoms with E-state index in [9.17, 15) is 10.2 Å². The van der Waals surface area contributed by atoms with Gasteiger partial charge in [0.05, 0.1) is 11.7 Å². The molecular formula is C14H21NO3. The molecule has 2 unspecified atom stereocenters. The minimum absolute atomic E-state index is 0.0763. The summed E-state index contributed by atoms with van der Waals surface area (Å²) in [7, 11) is 0. The predicted molar refractivity (Wildman–Crippen MR) is 69.8 cm³/mol. The summed E-state index contributed by atoms with van der Waals surface area (Å²) < 4.78 is 5.55. The van der Waals surface area contributed by atoms with Crippen molar-refractivity contribution >= 4 is 0 Å². The highest BCUT2D eigenvalue weighted by molar-refractivity contribution is 5.44. The summed E-state index contributed by atoms with van der Waals surface area (Å²) in [6, 6.07) is 4.74. The normalized spacial score (nSPS) is 21.1. The molecule has 0 aromatic heterocycles. The van der Waals surface area contributed by atoms with E-state index < -0.39 is 0 Å². The largest absolute Gasteiger partial charge is 0.507 e. The van der Waals surface area contributed by atoms with Crippen LogP contribution in [-0.4, -0.2) is 29.5 Å². The Morgan fingerprint density at radius 1 is 1.39 bits per heavy atom. The van der Waals surface area contributed by atoms with E-state index in [0.717, 1.165) is 32.4 Å². The van der Waals surface area contributed by atoms with Crippen LogP contribution in [0.1, 0.15) is 37.8 Å². The van der Waals surface area contributed by atoms with Crippen LogP contribution in [0.25, 0.3) is 0 Å². The molecule has 1 heterocycles. The van der Waals surface area contributed by atoms with Gasteiger partial charge < -0.3 is 20.3 Å². The van der Waals surface area contributed by atoms with Gasteiger partial charge in [0.1, 0.15) is 11.5 Å². The van der Waals surface area contributed by atoms with E-state index in [2.05, 4.69) is 5.32 Å². The molecule has 0 radical (unpaired) electrons. The first kappa shape index (κ1) is 13.2. The third kappa shape index (κ3) is 3.15. The van der Waals surface area contributed by atoms with E-state index in [0.29, 0.717) is 11.7 Å². The number of aromatic hydroxyl groups is 2. The van der Waals surface area contributed by atoms with E-state index in [1.165, 1.54) is 0 Å². The molecule has 4 nitrogen and oxygen atoms in total. The number of hydrogen-bond acceptors (Lipinski definition) is 4. The van der Waals surface area contributed by atoms with Crippen LogP contribution in [0, 0.1) is 0 Å². The summed E-state index contributed by atoms with van der Waals surface area (Å²) in [5.41, 5.74) is 0.560. The molecule has 1 aliphatic rings. The summed E-state index contributed by atoms with van der Waals surface area (Å²) >= 11 is 0. The lowest BCUT2D eigenvalue weighted by atomic mass is 10.1. The summed E-state index contributed by atoms with van der Waals surface area (Å²) in [6.07, 6.45) is 3.62. The Kier molecular flexibility index (Phi) is 4.44. The molecular weight excluding hydrogens is 230 g/mol. The lowest BCUT2D eigenvalue weighted by Gasteiger charge is -2.18. The molecule has 0 spiro atoms. The minimum Gasteiger partial charge on any atom is -0.507 e. The molecule has 1 aromatic carbocycles. The molecule has 0 saturated carbocycles. The van der Waals surface area contributed by atoms with Crippen LogP contribution in [0.5, 0.6) is 11.5 Å². The van der Waals surface area contributed by atoms with Crippen molar-refractivity contribution in [3.8, 4) is 11.5 Å². The molecule has 1 saturated heterocycles. The molecule has 4 heteroatoms. The Bertz CT molecular complexity index is 368. The smallest absolute Gasteiger partial charge is 0.124 e. The van der Waals surface area contributed by atoms with Crippen LogP contribution in [0.4, 0.5) is 0 Å². The van der Waals surface area contributed by atoms with Crippen molar-refractivity contribution in [3.63, 3.8) is 0 Å². The van der Waals surface area contributed by atoms with Crippen molar-refractivity contribution in [2.75, 3.05) is 13.2 Å². The van der Waals surface area contributed by atoms with Gasteiger partial charge in [-0.25, -0.2) is 0 Å². The van der Waals surface area contributed by atoms with Gasteiger partial charge in [-0.05, 0) is 44.9 Å². The molecule has 2 rings (SSSR count). The minimum atomic E-state index is -0.0763. The second-order valence-corrected chi connectivity index (χ2v) is 4.81. The first-order valence-electron chi connectivity index (χ1n) is 6.54. The molecule has 100 valence electrons. The van der Waals surface area contributed by atoms with Crippen LogP contribution >= 0.6 is 0 Å². The van der Waals surface area contributed by atoms with Crippen molar-refractivity contribution in [2.24, 2.45) is 0 Å². The van der Waals surface area contributed by atoms with Gasteiger partial charge in [-0.3, -0.25) is 0 Å². The zero-order valence-electron chi connectivity index (χ0n) is 10.7. The fraction of sp³-hybridized carbons (Fsp3) is 0.571. The van der Waals surface area contributed by atoms with Gasteiger partial charge in [0.15, 0.2) is 0 Å². The number of nitrogens with one attached hydrogen (secondary N) is 1. The Balaban J connectivity index is 1.85. The fourth-order valence-corrected chi connectivity index (χ4v) is 2.42. The molecule has 3 N–H and O–H groups in total. The maximum absolute atomic E-state index is 9.75. The number of ether oxygens (including phenoxy) is 1. The highest BCUT2D eigenvalue weighted by atomic mass is 16.5. The second kappa shape index (κ2) is 6.07. The van der Waals surface area contributed by atoms with Crippen LogP contribution in [0.3, 0.4) is 0 Å². The Labute approximate surface area is 108 Å². The second-order valence-electron chi connectivity index (χ2n) is 4.81. The fourth-order valence-electron chi connectivity index (χ4n) is 2.42. The molecule has 2 atom stereocenters. The van der Waals surface area contributed by atoms with Gasteiger partial charge in [0, 0.05) is 12.6 Å². The van der Waals surface area contributed by atoms with Crippen molar-refractivity contribution in [1.82, 2.24) is 5.32 Å².